The lowest BCUT2D eigenvalue weighted by Crippen LogP contribution is -2.18. The number of nitrogens with two attached hydrogens (primary N) is 1. The van der Waals surface area contributed by atoms with Crippen LogP contribution in [0.3, 0.4) is 0 Å². The van der Waals surface area contributed by atoms with Gasteiger partial charge in [0.2, 0.25) is 0 Å². The van der Waals surface area contributed by atoms with Crippen LogP contribution >= 0.6 is 0 Å². The average Bonchev–Trinajstić information content (AvgIpc) is 2.22. The molecule has 0 saturated heterocycles. The van der Waals surface area contributed by atoms with Crippen LogP contribution in [-0.4, -0.2) is 11.1 Å². The number of aryl methyl sites for hydroxylation is 1. The lowest BCUT2D eigenvalue weighted by molar-refractivity contribution is 0.452. The van der Waals surface area contributed by atoms with Gasteiger partial charge in [0.05, 0.1) is 0 Å². The quantitative estimate of drug-likeness (QED) is 0.777. The summed E-state index contributed by atoms with van der Waals surface area (Å²) >= 11 is 0. The number of hydrogen-bond acceptors (Lipinski definition) is 2. The topological polar surface area (TPSA) is 46.2 Å². The lowest BCUT2D eigenvalue weighted by atomic mass is 9.88. The van der Waals surface area contributed by atoms with E-state index >= 15 is 0 Å². The molecule has 0 bridgehead atoms. The molecule has 1 aliphatic rings. The van der Waals surface area contributed by atoms with E-state index in [-0.39, 0.29) is 6.04 Å². The Kier molecular flexibility index (Phi) is 2.96. The molecule has 2 nitrogen and oxygen atoms in total. The molecule has 0 spiro atoms. The first-order chi connectivity index (χ1) is 7.18. The summed E-state index contributed by atoms with van der Waals surface area (Å²) in [7, 11) is 0. The number of phenols is 1. The van der Waals surface area contributed by atoms with Crippen molar-refractivity contribution in [3.8, 4) is 5.75 Å². The van der Waals surface area contributed by atoms with E-state index in [1.807, 2.05) is 13.0 Å². The monoisotopic (exact) mass is 205 g/mol. The Balaban J connectivity index is 2.34. The number of benzene rings is 1. The summed E-state index contributed by atoms with van der Waals surface area (Å²) in [5, 5.41) is 10.1. The van der Waals surface area contributed by atoms with Gasteiger partial charge in [-0.25, -0.2) is 0 Å². The van der Waals surface area contributed by atoms with E-state index < -0.39 is 0 Å². The number of aromatic hydroxyl groups is 1. The molecule has 2 heteroatoms. The van der Waals surface area contributed by atoms with Crippen LogP contribution in [0.15, 0.2) is 12.1 Å². The smallest absolute Gasteiger partial charge is 0.122 e. The first-order valence-electron chi connectivity index (χ1n) is 5.76. The molecule has 82 valence electrons. The summed E-state index contributed by atoms with van der Waals surface area (Å²) in [5.74, 6) is 0.504. The lowest BCUT2D eigenvalue weighted by Gasteiger charge is -2.19. The van der Waals surface area contributed by atoms with Crippen molar-refractivity contribution in [3.05, 3.63) is 28.8 Å². The first-order valence-corrected chi connectivity index (χ1v) is 5.76. The molecule has 0 amide bonds. The molecule has 1 aromatic rings. The fourth-order valence-electron chi connectivity index (χ4n) is 2.37. The van der Waals surface area contributed by atoms with Crippen molar-refractivity contribution in [2.75, 3.05) is 0 Å². The Bertz CT molecular complexity index is 358. The molecule has 0 saturated carbocycles. The maximum atomic E-state index is 10.1. The Morgan fingerprint density at radius 3 is 2.80 bits per heavy atom. The van der Waals surface area contributed by atoms with Crippen molar-refractivity contribution in [2.24, 2.45) is 5.73 Å². The van der Waals surface area contributed by atoms with Crippen LogP contribution in [0.1, 0.15) is 36.5 Å². The van der Waals surface area contributed by atoms with Crippen LogP contribution in [-0.2, 0) is 19.3 Å². The van der Waals surface area contributed by atoms with Gasteiger partial charge in [-0.1, -0.05) is 12.1 Å². The molecule has 0 aromatic heterocycles. The Morgan fingerprint density at radius 1 is 1.33 bits per heavy atom. The van der Waals surface area contributed by atoms with Gasteiger partial charge in [-0.05, 0) is 55.7 Å². The van der Waals surface area contributed by atoms with E-state index in [4.69, 9.17) is 5.73 Å². The third-order valence-electron chi connectivity index (χ3n) is 3.13. The van der Waals surface area contributed by atoms with Crippen molar-refractivity contribution in [3.63, 3.8) is 0 Å². The highest BCUT2D eigenvalue weighted by molar-refractivity contribution is 5.47. The normalized spacial score (nSPS) is 17.2. The maximum Gasteiger partial charge on any atom is 0.122 e. The van der Waals surface area contributed by atoms with Crippen molar-refractivity contribution < 1.29 is 5.11 Å². The van der Waals surface area contributed by atoms with Gasteiger partial charge in [0, 0.05) is 6.04 Å². The van der Waals surface area contributed by atoms with E-state index in [2.05, 4.69) is 6.07 Å². The molecule has 0 aliphatic heterocycles. The van der Waals surface area contributed by atoms with Crippen LogP contribution in [0.25, 0.3) is 0 Å². The predicted molar refractivity (Wildman–Crippen MR) is 62.1 cm³/mol. The summed E-state index contributed by atoms with van der Waals surface area (Å²) in [6.07, 6.45) is 5.34. The van der Waals surface area contributed by atoms with E-state index in [0.717, 1.165) is 24.8 Å². The second-order valence-electron chi connectivity index (χ2n) is 4.60. The van der Waals surface area contributed by atoms with Gasteiger partial charge in [-0.3, -0.25) is 0 Å². The molecular formula is C13H19NO. The van der Waals surface area contributed by atoms with Gasteiger partial charge >= 0.3 is 0 Å². The van der Waals surface area contributed by atoms with E-state index in [1.165, 1.54) is 24.0 Å². The number of hydrogen-bond donors (Lipinski definition) is 2. The Labute approximate surface area is 91.1 Å². The highest BCUT2D eigenvalue weighted by atomic mass is 16.3. The highest BCUT2D eigenvalue weighted by Crippen LogP contribution is 2.32. The van der Waals surface area contributed by atoms with E-state index in [0.29, 0.717) is 5.75 Å². The fourth-order valence-corrected chi connectivity index (χ4v) is 2.37. The van der Waals surface area contributed by atoms with Crippen LogP contribution < -0.4 is 5.73 Å². The minimum Gasteiger partial charge on any atom is -0.507 e. The highest BCUT2D eigenvalue weighted by Gasteiger charge is 2.16. The number of fused-ring (bicyclic) bond motifs is 1. The van der Waals surface area contributed by atoms with Gasteiger partial charge in [0.25, 0.3) is 0 Å². The second-order valence-corrected chi connectivity index (χ2v) is 4.60. The Morgan fingerprint density at radius 2 is 2.07 bits per heavy atom. The van der Waals surface area contributed by atoms with Gasteiger partial charge < -0.3 is 10.8 Å². The molecule has 1 atom stereocenters. The molecule has 2 rings (SSSR count). The molecule has 1 unspecified atom stereocenters. The molecule has 0 radical (unpaired) electrons. The molecule has 1 aromatic carbocycles. The van der Waals surface area contributed by atoms with E-state index in [9.17, 15) is 5.11 Å². The fraction of sp³-hybridized carbons (Fsp3) is 0.538. The molecule has 0 fully saturated rings. The van der Waals surface area contributed by atoms with Crippen LogP contribution in [0.5, 0.6) is 5.75 Å². The van der Waals surface area contributed by atoms with Gasteiger partial charge in [-0.2, -0.15) is 0 Å². The van der Waals surface area contributed by atoms with Crippen molar-refractivity contribution in [1.29, 1.82) is 0 Å². The van der Waals surface area contributed by atoms with Crippen LogP contribution in [0, 0.1) is 0 Å². The molecule has 1 aliphatic carbocycles. The minimum absolute atomic E-state index is 0.109. The molecule has 0 heterocycles. The zero-order valence-corrected chi connectivity index (χ0v) is 9.29. The van der Waals surface area contributed by atoms with Gasteiger partial charge in [0.15, 0.2) is 0 Å². The average molecular weight is 205 g/mol. The Hall–Kier alpha value is -1.02. The zero-order valence-electron chi connectivity index (χ0n) is 9.29. The minimum atomic E-state index is 0.109. The molecule has 15 heavy (non-hydrogen) atoms. The van der Waals surface area contributed by atoms with Crippen molar-refractivity contribution >= 4 is 0 Å². The third kappa shape index (κ3) is 2.15. The summed E-state index contributed by atoms with van der Waals surface area (Å²) < 4.78 is 0. The van der Waals surface area contributed by atoms with Crippen LogP contribution in [0.4, 0.5) is 0 Å². The van der Waals surface area contributed by atoms with Gasteiger partial charge in [-0.15, -0.1) is 0 Å². The van der Waals surface area contributed by atoms with Gasteiger partial charge in [0.1, 0.15) is 5.75 Å². The van der Waals surface area contributed by atoms with E-state index in [1.54, 1.807) is 0 Å². The molecule has 3 N–H and O–H groups in total. The summed E-state index contributed by atoms with van der Waals surface area (Å²) in [6.45, 7) is 1.97. The number of phenolic OH excluding ortho intramolecular Hbond substituents is 1. The predicted octanol–water partition coefficient (Wildman–Crippen LogP) is 2.16. The largest absolute Gasteiger partial charge is 0.507 e. The summed E-state index contributed by atoms with van der Waals surface area (Å²) in [6, 6.07) is 4.30. The first kappa shape index (κ1) is 10.5. The third-order valence-corrected chi connectivity index (χ3v) is 3.13. The van der Waals surface area contributed by atoms with Crippen molar-refractivity contribution in [2.45, 2.75) is 45.1 Å². The molecular weight excluding hydrogens is 186 g/mol. The summed E-state index contributed by atoms with van der Waals surface area (Å²) in [5.41, 5.74) is 9.26. The van der Waals surface area contributed by atoms with Crippen LogP contribution in [0.2, 0.25) is 0 Å². The standard InChI is InChI=1S/C13H19NO/c1-9(14)8-11-7-6-10-4-2-3-5-12(10)13(11)15/h6-7,9,15H,2-5,8,14H2,1H3. The zero-order chi connectivity index (χ0) is 10.8. The maximum absolute atomic E-state index is 10.1. The number of rotatable bonds is 2. The second kappa shape index (κ2) is 4.23. The van der Waals surface area contributed by atoms with Crippen molar-refractivity contribution in [1.82, 2.24) is 0 Å². The summed E-state index contributed by atoms with van der Waals surface area (Å²) in [4.78, 5) is 0. The SMILES string of the molecule is CC(N)Cc1ccc2c(c1O)CCCC2.